The third-order valence-corrected chi connectivity index (χ3v) is 4.64. The molecule has 9 nitrogen and oxygen atoms in total. The highest BCUT2D eigenvalue weighted by Crippen LogP contribution is 2.16. The maximum atomic E-state index is 12.4. The molecule has 0 aliphatic heterocycles. The summed E-state index contributed by atoms with van der Waals surface area (Å²) in [5, 5.41) is 14.0. The summed E-state index contributed by atoms with van der Waals surface area (Å²) < 4.78 is 1.93. The Kier molecular flexibility index (Phi) is 7.88. The van der Waals surface area contributed by atoms with Crippen molar-refractivity contribution in [2.75, 3.05) is 6.54 Å². The van der Waals surface area contributed by atoms with Crippen LogP contribution in [0.1, 0.15) is 26.7 Å². The van der Waals surface area contributed by atoms with Gasteiger partial charge in [0.1, 0.15) is 6.29 Å². The van der Waals surface area contributed by atoms with Gasteiger partial charge in [0, 0.05) is 25.4 Å². The first-order chi connectivity index (χ1) is 13.8. The molecule has 0 aliphatic rings. The van der Waals surface area contributed by atoms with Gasteiger partial charge in [0.15, 0.2) is 0 Å². The summed E-state index contributed by atoms with van der Waals surface area (Å²) in [5.41, 5.74) is 1.85. The quantitative estimate of drug-likeness (QED) is 0.480. The number of aromatic nitrogens is 2. The van der Waals surface area contributed by atoms with Crippen LogP contribution in [0.25, 0.3) is 11.0 Å². The van der Waals surface area contributed by atoms with Crippen molar-refractivity contribution in [3.05, 3.63) is 30.6 Å². The molecule has 29 heavy (non-hydrogen) atoms. The predicted octanol–water partition coefficient (Wildman–Crippen LogP) is 0.973. The average molecular weight is 402 g/mol. The number of nitrogens with one attached hydrogen (secondary N) is 2. The number of carboxylic acids is 1. The number of benzene rings is 1. The van der Waals surface area contributed by atoms with Gasteiger partial charge in [0.25, 0.3) is 0 Å². The number of carbonyl (C=O) groups excluding carboxylic acids is 3. The monoisotopic (exact) mass is 402 g/mol. The molecular formula is C20H26N4O5. The molecule has 0 fully saturated rings. The van der Waals surface area contributed by atoms with Crippen LogP contribution in [0.2, 0.25) is 0 Å². The summed E-state index contributed by atoms with van der Waals surface area (Å²) in [6.07, 6.45) is 1.56. The zero-order chi connectivity index (χ0) is 21.4. The smallest absolute Gasteiger partial charge is 0.305 e. The molecule has 0 saturated carbocycles. The lowest BCUT2D eigenvalue weighted by Crippen LogP contribution is -2.44. The molecule has 1 aromatic carbocycles. The molecule has 1 heterocycles. The van der Waals surface area contributed by atoms with E-state index in [1.807, 2.05) is 28.8 Å². The van der Waals surface area contributed by atoms with Gasteiger partial charge in [-0.05, 0) is 18.1 Å². The topological polar surface area (TPSA) is 130 Å². The fourth-order valence-corrected chi connectivity index (χ4v) is 3.02. The Bertz CT molecular complexity index is 877. The van der Waals surface area contributed by atoms with Crippen molar-refractivity contribution in [3.8, 4) is 0 Å². The first kappa shape index (κ1) is 22.1. The lowest BCUT2D eigenvalue weighted by atomic mass is 9.91. The molecule has 2 atom stereocenters. The van der Waals surface area contributed by atoms with Crippen LogP contribution in [0.5, 0.6) is 0 Å². The molecule has 3 N–H and O–H groups in total. The van der Waals surface area contributed by atoms with E-state index in [9.17, 15) is 19.2 Å². The molecule has 2 amide bonds. The lowest BCUT2D eigenvalue weighted by Gasteiger charge is -2.21. The number of carboxylic acid groups (broad SMARTS) is 1. The van der Waals surface area contributed by atoms with Crippen LogP contribution in [0.15, 0.2) is 30.6 Å². The summed E-state index contributed by atoms with van der Waals surface area (Å²) in [7, 11) is 0. The number of nitrogens with zero attached hydrogens (tertiary/aromatic N) is 2. The Labute approximate surface area is 168 Å². The minimum Gasteiger partial charge on any atom is -0.481 e. The number of carbonyl (C=O) groups is 4. The second-order valence-corrected chi connectivity index (χ2v) is 7.18. The van der Waals surface area contributed by atoms with Gasteiger partial charge in [0.05, 0.1) is 29.8 Å². The third-order valence-electron chi connectivity index (χ3n) is 4.64. The van der Waals surface area contributed by atoms with E-state index in [1.54, 1.807) is 20.2 Å². The van der Waals surface area contributed by atoms with E-state index in [1.165, 1.54) is 0 Å². The van der Waals surface area contributed by atoms with Crippen molar-refractivity contribution in [3.63, 3.8) is 0 Å². The maximum Gasteiger partial charge on any atom is 0.305 e. The Balaban J connectivity index is 1.87. The Hall–Kier alpha value is -3.23. The fourth-order valence-electron chi connectivity index (χ4n) is 3.02. The van der Waals surface area contributed by atoms with Crippen molar-refractivity contribution in [1.82, 2.24) is 20.2 Å². The highest BCUT2D eigenvalue weighted by Gasteiger charge is 2.27. The molecule has 0 bridgehead atoms. The highest BCUT2D eigenvalue weighted by molar-refractivity contribution is 5.88. The first-order valence-electron chi connectivity index (χ1n) is 9.45. The van der Waals surface area contributed by atoms with Gasteiger partial charge >= 0.3 is 5.97 Å². The molecule has 0 saturated heterocycles. The van der Waals surface area contributed by atoms with Crippen LogP contribution < -0.4 is 10.6 Å². The number of aliphatic carboxylic acids is 1. The number of rotatable bonds is 11. The number of hydrogen-bond donors (Lipinski definition) is 3. The molecule has 9 heteroatoms. The van der Waals surface area contributed by atoms with Crippen LogP contribution in [0.3, 0.4) is 0 Å². The molecule has 2 aromatic rings. The molecule has 1 aromatic heterocycles. The molecular weight excluding hydrogens is 376 g/mol. The normalized spacial score (nSPS) is 13.1. The van der Waals surface area contributed by atoms with E-state index in [-0.39, 0.29) is 18.2 Å². The van der Waals surface area contributed by atoms with E-state index in [0.29, 0.717) is 19.4 Å². The number of amides is 2. The second-order valence-electron chi connectivity index (χ2n) is 7.18. The zero-order valence-corrected chi connectivity index (χ0v) is 16.5. The maximum absolute atomic E-state index is 12.4. The Morgan fingerprint density at radius 2 is 1.93 bits per heavy atom. The van der Waals surface area contributed by atoms with E-state index >= 15 is 0 Å². The third kappa shape index (κ3) is 6.41. The lowest BCUT2D eigenvalue weighted by molar-refractivity contribution is -0.139. The van der Waals surface area contributed by atoms with Crippen LogP contribution in [-0.4, -0.2) is 51.3 Å². The summed E-state index contributed by atoms with van der Waals surface area (Å²) in [6.45, 7) is 4.50. The second kappa shape index (κ2) is 10.4. The number of para-hydroxylation sites is 2. The van der Waals surface area contributed by atoms with E-state index < -0.39 is 30.3 Å². The van der Waals surface area contributed by atoms with Crippen LogP contribution in [0.4, 0.5) is 0 Å². The van der Waals surface area contributed by atoms with E-state index in [2.05, 4.69) is 15.6 Å². The van der Waals surface area contributed by atoms with Gasteiger partial charge in [-0.15, -0.1) is 0 Å². The van der Waals surface area contributed by atoms with E-state index in [0.717, 1.165) is 11.0 Å². The standard InChI is InChI=1S/C20H26N4O5/c1-13(2)15(20(29)23-14(11-25)9-19(27)28)10-18(26)21-7-8-24-12-22-16-5-3-4-6-17(16)24/h3-6,11-15H,7-10H2,1-2H3,(H,21,26)(H,23,29)(H,27,28). The summed E-state index contributed by atoms with van der Waals surface area (Å²) in [6, 6.07) is 6.57. The molecule has 0 aliphatic carbocycles. The van der Waals surface area contributed by atoms with Crippen LogP contribution in [0, 0.1) is 11.8 Å². The van der Waals surface area contributed by atoms with Gasteiger partial charge < -0.3 is 25.1 Å². The van der Waals surface area contributed by atoms with Gasteiger partial charge in [-0.3, -0.25) is 14.4 Å². The summed E-state index contributed by atoms with van der Waals surface area (Å²) in [5.74, 6) is -2.80. The van der Waals surface area contributed by atoms with Crippen LogP contribution in [-0.2, 0) is 25.7 Å². The van der Waals surface area contributed by atoms with Crippen molar-refractivity contribution >= 4 is 35.1 Å². The predicted molar refractivity (Wildman–Crippen MR) is 106 cm³/mol. The van der Waals surface area contributed by atoms with E-state index in [4.69, 9.17) is 5.11 Å². The number of hydrogen-bond acceptors (Lipinski definition) is 5. The molecule has 156 valence electrons. The van der Waals surface area contributed by atoms with Gasteiger partial charge in [-0.25, -0.2) is 4.98 Å². The van der Waals surface area contributed by atoms with Crippen molar-refractivity contribution < 1.29 is 24.3 Å². The number of fused-ring (bicyclic) bond motifs is 1. The SMILES string of the molecule is CC(C)C(CC(=O)NCCn1cnc2ccccc21)C(=O)NC(C=O)CC(=O)O. The first-order valence-corrected chi connectivity index (χ1v) is 9.45. The number of aldehydes is 1. The Morgan fingerprint density at radius 1 is 1.21 bits per heavy atom. The van der Waals surface area contributed by atoms with Crippen molar-refractivity contribution in [2.45, 2.75) is 39.3 Å². The minimum atomic E-state index is -1.19. The fraction of sp³-hybridized carbons (Fsp3) is 0.450. The molecule has 2 unspecified atom stereocenters. The largest absolute Gasteiger partial charge is 0.481 e. The minimum absolute atomic E-state index is 0.0488. The highest BCUT2D eigenvalue weighted by atomic mass is 16.4. The van der Waals surface area contributed by atoms with Crippen LogP contribution >= 0.6 is 0 Å². The number of imidazole rings is 1. The van der Waals surface area contributed by atoms with Gasteiger partial charge in [0.2, 0.25) is 11.8 Å². The molecule has 0 spiro atoms. The Morgan fingerprint density at radius 3 is 2.59 bits per heavy atom. The molecule has 2 rings (SSSR count). The van der Waals surface area contributed by atoms with Crippen molar-refractivity contribution in [2.24, 2.45) is 11.8 Å². The average Bonchev–Trinajstić information content (AvgIpc) is 3.08. The van der Waals surface area contributed by atoms with Gasteiger partial charge in [-0.2, -0.15) is 0 Å². The zero-order valence-electron chi connectivity index (χ0n) is 16.5. The summed E-state index contributed by atoms with van der Waals surface area (Å²) in [4.78, 5) is 50.7. The van der Waals surface area contributed by atoms with Gasteiger partial charge in [-0.1, -0.05) is 26.0 Å². The molecule has 0 radical (unpaired) electrons. The summed E-state index contributed by atoms with van der Waals surface area (Å²) >= 11 is 0. The van der Waals surface area contributed by atoms with Crippen molar-refractivity contribution in [1.29, 1.82) is 0 Å².